The van der Waals surface area contributed by atoms with Gasteiger partial charge in [0.25, 0.3) is 0 Å². The summed E-state index contributed by atoms with van der Waals surface area (Å²) in [5.74, 6) is 0. The van der Waals surface area contributed by atoms with Crippen LogP contribution < -0.4 is 15.1 Å². The molecule has 2 saturated heterocycles. The van der Waals surface area contributed by atoms with Crippen molar-refractivity contribution >= 4 is 17.5 Å². The van der Waals surface area contributed by atoms with Crippen LogP contribution in [0.25, 0.3) is 0 Å². The van der Waals surface area contributed by atoms with E-state index in [0.717, 1.165) is 13.1 Å². The normalized spacial score (nSPS) is 25.5. The van der Waals surface area contributed by atoms with Crippen molar-refractivity contribution in [3.63, 3.8) is 0 Å². The fourth-order valence-corrected chi connectivity index (χ4v) is 2.86. The van der Waals surface area contributed by atoms with E-state index in [1.54, 1.807) is 7.05 Å². The van der Waals surface area contributed by atoms with E-state index in [9.17, 15) is 4.79 Å². The molecular formula is C13H17N3O2. The van der Waals surface area contributed by atoms with Gasteiger partial charge >= 0.3 is 6.09 Å². The zero-order valence-electron chi connectivity index (χ0n) is 10.3. The number of rotatable bonds is 2. The largest absolute Gasteiger partial charge is 0.465 e. The molecule has 1 amide bonds. The van der Waals surface area contributed by atoms with Crippen LogP contribution in [-0.4, -0.2) is 43.4 Å². The summed E-state index contributed by atoms with van der Waals surface area (Å²) in [6.07, 6.45) is 0.281. The van der Waals surface area contributed by atoms with E-state index in [1.807, 2.05) is 24.3 Å². The third-order valence-corrected chi connectivity index (χ3v) is 3.91. The van der Waals surface area contributed by atoms with Gasteiger partial charge in [-0.2, -0.15) is 0 Å². The Morgan fingerprint density at radius 2 is 2.17 bits per heavy atom. The predicted molar refractivity (Wildman–Crippen MR) is 70.4 cm³/mol. The van der Waals surface area contributed by atoms with Gasteiger partial charge in [0.05, 0.1) is 0 Å². The number of benzene rings is 1. The molecule has 5 heteroatoms. The number of hydrogen-bond acceptors (Lipinski definition) is 3. The minimum atomic E-state index is -0.938. The number of nitrogens with zero attached hydrogens (tertiary/aromatic N) is 2. The van der Waals surface area contributed by atoms with Gasteiger partial charge in [0.15, 0.2) is 0 Å². The Morgan fingerprint density at radius 3 is 2.67 bits per heavy atom. The first-order valence-electron chi connectivity index (χ1n) is 6.22. The highest BCUT2D eigenvalue weighted by Crippen LogP contribution is 2.30. The van der Waals surface area contributed by atoms with E-state index in [-0.39, 0.29) is 0 Å². The first-order valence-corrected chi connectivity index (χ1v) is 6.22. The van der Waals surface area contributed by atoms with E-state index < -0.39 is 6.09 Å². The Kier molecular flexibility index (Phi) is 2.63. The van der Waals surface area contributed by atoms with Gasteiger partial charge in [-0.3, -0.25) is 4.90 Å². The van der Waals surface area contributed by atoms with E-state index in [1.165, 1.54) is 17.0 Å². The highest BCUT2D eigenvalue weighted by Gasteiger charge is 2.37. The van der Waals surface area contributed by atoms with Gasteiger partial charge in [-0.05, 0) is 30.7 Å². The standard InChI is InChI=1S/C13H17N3O2/c1-15(13(17)18)10-2-4-11(5-3-10)16-8-9-6-12(16)7-14-9/h2-5,9,12,14H,6-8H2,1H3,(H,17,18)/t9-,12-/m0/s1. The highest BCUT2D eigenvalue weighted by atomic mass is 16.4. The zero-order chi connectivity index (χ0) is 12.7. The van der Waals surface area contributed by atoms with Gasteiger partial charge in [-0.15, -0.1) is 0 Å². The Balaban J connectivity index is 1.77. The van der Waals surface area contributed by atoms with Crippen LogP contribution in [0.3, 0.4) is 0 Å². The van der Waals surface area contributed by atoms with Crippen LogP contribution in [0, 0.1) is 0 Å². The van der Waals surface area contributed by atoms with Gasteiger partial charge in [-0.1, -0.05) is 0 Å². The van der Waals surface area contributed by atoms with Gasteiger partial charge in [0.2, 0.25) is 0 Å². The summed E-state index contributed by atoms with van der Waals surface area (Å²) < 4.78 is 0. The summed E-state index contributed by atoms with van der Waals surface area (Å²) >= 11 is 0. The molecule has 2 aliphatic rings. The summed E-state index contributed by atoms with van der Waals surface area (Å²) in [6.45, 7) is 2.11. The average molecular weight is 247 g/mol. The third kappa shape index (κ3) is 1.80. The molecule has 0 spiro atoms. The predicted octanol–water partition coefficient (Wildman–Crippen LogP) is 1.35. The van der Waals surface area contributed by atoms with Crippen molar-refractivity contribution in [3.05, 3.63) is 24.3 Å². The fourth-order valence-electron chi connectivity index (χ4n) is 2.86. The molecule has 3 rings (SSSR count). The van der Waals surface area contributed by atoms with Crippen molar-refractivity contribution in [1.82, 2.24) is 5.32 Å². The van der Waals surface area contributed by atoms with Crippen molar-refractivity contribution < 1.29 is 9.90 Å². The van der Waals surface area contributed by atoms with Crippen molar-refractivity contribution in [1.29, 1.82) is 0 Å². The molecule has 18 heavy (non-hydrogen) atoms. The molecule has 5 nitrogen and oxygen atoms in total. The lowest BCUT2D eigenvalue weighted by Gasteiger charge is -2.29. The number of piperazine rings is 1. The van der Waals surface area contributed by atoms with Gasteiger partial charge in [0, 0.05) is 43.6 Å². The van der Waals surface area contributed by atoms with E-state index >= 15 is 0 Å². The number of carbonyl (C=O) groups is 1. The number of fused-ring (bicyclic) bond motifs is 2. The summed E-state index contributed by atoms with van der Waals surface area (Å²) in [7, 11) is 1.55. The van der Waals surface area contributed by atoms with Crippen LogP contribution in [0.1, 0.15) is 6.42 Å². The maximum Gasteiger partial charge on any atom is 0.411 e. The molecule has 0 aromatic heterocycles. The number of anilines is 2. The number of carboxylic acid groups (broad SMARTS) is 1. The molecule has 0 saturated carbocycles. The Bertz CT molecular complexity index is 460. The second-order valence-electron chi connectivity index (χ2n) is 5.01. The molecule has 0 unspecified atom stereocenters. The third-order valence-electron chi connectivity index (χ3n) is 3.91. The fraction of sp³-hybridized carbons (Fsp3) is 0.462. The van der Waals surface area contributed by atoms with E-state index in [2.05, 4.69) is 10.2 Å². The Morgan fingerprint density at radius 1 is 1.44 bits per heavy atom. The van der Waals surface area contributed by atoms with Crippen molar-refractivity contribution in [2.75, 3.05) is 29.9 Å². The van der Waals surface area contributed by atoms with Crippen molar-refractivity contribution in [2.24, 2.45) is 0 Å². The molecule has 2 N–H and O–H groups in total. The molecule has 2 aliphatic heterocycles. The van der Waals surface area contributed by atoms with Gasteiger partial charge in [-0.25, -0.2) is 4.79 Å². The quantitative estimate of drug-likeness (QED) is 0.828. The SMILES string of the molecule is CN(C(=O)O)c1ccc(N2C[C@@H]3C[C@H]2CN3)cc1. The number of amides is 1. The lowest BCUT2D eigenvalue weighted by atomic mass is 10.2. The number of nitrogens with one attached hydrogen (secondary N) is 1. The first kappa shape index (κ1) is 11.3. The lowest BCUT2D eigenvalue weighted by Crippen LogP contribution is -2.43. The molecule has 2 fully saturated rings. The van der Waals surface area contributed by atoms with Crippen LogP contribution in [0.15, 0.2) is 24.3 Å². The summed E-state index contributed by atoms with van der Waals surface area (Å²) in [4.78, 5) is 14.5. The van der Waals surface area contributed by atoms with Gasteiger partial charge < -0.3 is 15.3 Å². The lowest BCUT2D eigenvalue weighted by molar-refractivity contribution is 0.203. The maximum absolute atomic E-state index is 10.9. The Hall–Kier alpha value is -1.75. The van der Waals surface area contributed by atoms with Crippen LogP contribution in [0.5, 0.6) is 0 Å². The zero-order valence-corrected chi connectivity index (χ0v) is 10.3. The van der Waals surface area contributed by atoms with Crippen LogP contribution in [-0.2, 0) is 0 Å². The van der Waals surface area contributed by atoms with E-state index in [4.69, 9.17) is 5.11 Å². The molecule has 1 aromatic carbocycles. The topological polar surface area (TPSA) is 55.8 Å². The molecule has 0 radical (unpaired) electrons. The van der Waals surface area contributed by atoms with E-state index in [0.29, 0.717) is 17.8 Å². The molecular weight excluding hydrogens is 230 g/mol. The average Bonchev–Trinajstić information content (AvgIpc) is 3.00. The minimum absolute atomic E-state index is 0.595. The summed E-state index contributed by atoms with van der Waals surface area (Å²) in [5.41, 5.74) is 1.89. The summed E-state index contributed by atoms with van der Waals surface area (Å²) in [5, 5.41) is 12.4. The maximum atomic E-state index is 10.9. The second kappa shape index (κ2) is 4.17. The summed E-state index contributed by atoms with van der Waals surface area (Å²) in [6, 6.07) is 8.96. The molecule has 1 aromatic rings. The van der Waals surface area contributed by atoms with Crippen molar-refractivity contribution in [3.8, 4) is 0 Å². The van der Waals surface area contributed by atoms with Crippen molar-refractivity contribution in [2.45, 2.75) is 18.5 Å². The molecule has 96 valence electrons. The van der Waals surface area contributed by atoms with Crippen LogP contribution >= 0.6 is 0 Å². The molecule has 2 atom stereocenters. The molecule has 2 bridgehead atoms. The van der Waals surface area contributed by atoms with Gasteiger partial charge in [0.1, 0.15) is 0 Å². The highest BCUT2D eigenvalue weighted by molar-refractivity contribution is 5.85. The monoisotopic (exact) mass is 247 g/mol. The molecule has 2 heterocycles. The number of hydrogen-bond donors (Lipinski definition) is 2. The Labute approximate surface area is 106 Å². The second-order valence-corrected chi connectivity index (χ2v) is 5.01. The first-order chi connectivity index (χ1) is 8.65. The molecule has 0 aliphatic carbocycles. The van der Waals surface area contributed by atoms with Crippen LogP contribution in [0.4, 0.5) is 16.2 Å². The van der Waals surface area contributed by atoms with Crippen LogP contribution in [0.2, 0.25) is 0 Å². The minimum Gasteiger partial charge on any atom is -0.465 e. The smallest absolute Gasteiger partial charge is 0.411 e.